The van der Waals surface area contributed by atoms with Crippen LogP contribution < -0.4 is 26.6 Å². The molecule has 0 saturated heterocycles. The number of hydrogen-bond acceptors (Lipinski definition) is 5. The molecule has 0 aromatic carbocycles. The number of carbonyl (C=O) groups is 1. The van der Waals surface area contributed by atoms with Crippen LogP contribution in [-0.4, -0.2) is 65.3 Å². The first-order chi connectivity index (χ1) is 8.91. The molecule has 0 fully saturated rings. The van der Waals surface area contributed by atoms with Crippen molar-refractivity contribution < 1.29 is 4.79 Å². The molecule has 0 unspecified atom stereocenters. The van der Waals surface area contributed by atoms with Crippen molar-refractivity contribution in [2.75, 3.05) is 58.9 Å². The maximum absolute atomic E-state index is 9.96. The van der Waals surface area contributed by atoms with Gasteiger partial charge in [-0.25, -0.2) is 0 Å². The average Bonchev–Trinajstić information content (AvgIpc) is 2.39. The molecule has 1 amide bonds. The van der Waals surface area contributed by atoms with Gasteiger partial charge >= 0.3 is 0 Å². The topological polar surface area (TPSA) is 77.2 Å². The molecular formula is C12H29N5O. The maximum Gasteiger partial charge on any atom is 0.207 e. The molecule has 0 aromatic heterocycles. The summed E-state index contributed by atoms with van der Waals surface area (Å²) in [4.78, 5) is 9.96. The van der Waals surface area contributed by atoms with Gasteiger partial charge in [0.1, 0.15) is 0 Å². The van der Waals surface area contributed by atoms with Gasteiger partial charge in [0, 0.05) is 52.4 Å². The molecule has 0 bridgehead atoms. The van der Waals surface area contributed by atoms with Crippen molar-refractivity contribution in [3.63, 3.8) is 0 Å². The summed E-state index contributed by atoms with van der Waals surface area (Å²) < 4.78 is 0. The van der Waals surface area contributed by atoms with Crippen LogP contribution in [0.3, 0.4) is 0 Å². The van der Waals surface area contributed by atoms with E-state index in [2.05, 4.69) is 33.5 Å². The first kappa shape index (κ1) is 17.3. The lowest BCUT2D eigenvalue weighted by atomic mass is 10.4. The Hall–Kier alpha value is -0.690. The molecule has 0 aliphatic rings. The molecule has 0 radical (unpaired) electrons. The molecular weight excluding hydrogens is 230 g/mol. The van der Waals surface area contributed by atoms with E-state index in [-0.39, 0.29) is 0 Å². The maximum atomic E-state index is 9.96. The van der Waals surface area contributed by atoms with Crippen LogP contribution in [0.5, 0.6) is 0 Å². The minimum absolute atomic E-state index is 0.690. The zero-order chi connectivity index (χ0) is 13.3. The molecule has 108 valence electrons. The smallest absolute Gasteiger partial charge is 0.207 e. The Morgan fingerprint density at radius 3 is 1.44 bits per heavy atom. The van der Waals surface area contributed by atoms with Crippen molar-refractivity contribution in [1.82, 2.24) is 26.6 Å². The zero-order valence-electron chi connectivity index (χ0n) is 11.6. The molecule has 0 aliphatic heterocycles. The monoisotopic (exact) mass is 259 g/mol. The van der Waals surface area contributed by atoms with E-state index in [9.17, 15) is 4.79 Å². The molecule has 0 rings (SSSR count). The largest absolute Gasteiger partial charge is 0.357 e. The molecule has 0 saturated carbocycles. The molecule has 5 N–H and O–H groups in total. The summed E-state index contributed by atoms with van der Waals surface area (Å²) in [6, 6.07) is 0. The van der Waals surface area contributed by atoms with E-state index in [4.69, 9.17) is 0 Å². The van der Waals surface area contributed by atoms with Crippen molar-refractivity contribution in [3.05, 3.63) is 0 Å². The third-order valence-corrected chi connectivity index (χ3v) is 2.39. The highest BCUT2D eigenvalue weighted by Crippen LogP contribution is 1.68. The van der Waals surface area contributed by atoms with Crippen LogP contribution in [-0.2, 0) is 4.79 Å². The van der Waals surface area contributed by atoms with Crippen LogP contribution in [0.1, 0.15) is 13.3 Å². The fraction of sp³-hybridized carbons (Fsp3) is 0.917. The summed E-state index contributed by atoms with van der Waals surface area (Å²) in [6.07, 6.45) is 1.91. The Morgan fingerprint density at radius 2 is 1.06 bits per heavy atom. The van der Waals surface area contributed by atoms with Gasteiger partial charge in [-0.15, -0.1) is 0 Å². The predicted octanol–water partition coefficient (Wildman–Crippen LogP) is -1.50. The number of hydrogen-bond donors (Lipinski definition) is 5. The van der Waals surface area contributed by atoms with Gasteiger partial charge < -0.3 is 26.6 Å². The summed E-state index contributed by atoms with van der Waals surface area (Å²) in [7, 11) is 0. The minimum Gasteiger partial charge on any atom is -0.357 e. The van der Waals surface area contributed by atoms with Gasteiger partial charge in [0.25, 0.3) is 0 Å². The first-order valence-corrected chi connectivity index (χ1v) is 6.91. The highest BCUT2D eigenvalue weighted by Gasteiger charge is 1.89. The summed E-state index contributed by atoms with van der Waals surface area (Å²) in [5.74, 6) is 0. The Balaban J connectivity index is 2.88. The summed E-state index contributed by atoms with van der Waals surface area (Å²) in [6.45, 7) is 10.7. The predicted molar refractivity (Wildman–Crippen MR) is 75.8 cm³/mol. The third kappa shape index (κ3) is 15.3. The minimum atomic E-state index is 0.690. The fourth-order valence-corrected chi connectivity index (χ4v) is 1.43. The van der Waals surface area contributed by atoms with E-state index in [1.807, 2.05) is 0 Å². The third-order valence-electron chi connectivity index (χ3n) is 2.39. The second-order valence-corrected chi connectivity index (χ2v) is 4.07. The Kier molecular flexibility index (Phi) is 15.7. The Bertz CT molecular complexity index is 169. The standard InChI is InChI=1S/C12H29N5O/c1-2-3-13-4-5-14-6-7-15-8-9-16-10-11-17-12-18/h12-16H,2-11H2,1H3,(H,17,18). The Labute approximate surface area is 111 Å². The molecule has 0 spiro atoms. The zero-order valence-corrected chi connectivity index (χ0v) is 11.6. The fourth-order valence-electron chi connectivity index (χ4n) is 1.43. The van der Waals surface area contributed by atoms with Crippen LogP contribution >= 0.6 is 0 Å². The van der Waals surface area contributed by atoms with Crippen LogP contribution in [0.25, 0.3) is 0 Å². The van der Waals surface area contributed by atoms with Crippen molar-refractivity contribution in [2.24, 2.45) is 0 Å². The number of carbonyl (C=O) groups excluding carboxylic acids is 1. The van der Waals surface area contributed by atoms with Crippen molar-refractivity contribution in [1.29, 1.82) is 0 Å². The van der Waals surface area contributed by atoms with Crippen LogP contribution in [0.15, 0.2) is 0 Å². The normalized spacial score (nSPS) is 10.5. The van der Waals surface area contributed by atoms with E-state index >= 15 is 0 Å². The summed E-state index contributed by atoms with van der Waals surface area (Å²) >= 11 is 0. The van der Waals surface area contributed by atoms with Crippen LogP contribution in [0, 0.1) is 0 Å². The molecule has 0 atom stereocenters. The molecule has 6 nitrogen and oxygen atoms in total. The molecule has 18 heavy (non-hydrogen) atoms. The van der Waals surface area contributed by atoms with Gasteiger partial charge in [-0.3, -0.25) is 4.79 Å². The van der Waals surface area contributed by atoms with Crippen molar-refractivity contribution >= 4 is 6.41 Å². The van der Waals surface area contributed by atoms with Crippen LogP contribution in [0.2, 0.25) is 0 Å². The second kappa shape index (κ2) is 16.3. The van der Waals surface area contributed by atoms with Crippen molar-refractivity contribution in [3.8, 4) is 0 Å². The first-order valence-electron chi connectivity index (χ1n) is 6.91. The van der Waals surface area contributed by atoms with Gasteiger partial charge in [-0.05, 0) is 13.0 Å². The number of rotatable bonds is 15. The number of nitrogens with one attached hydrogen (secondary N) is 5. The lowest BCUT2D eigenvalue weighted by molar-refractivity contribution is -0.109. The van der Waals surface area contributed by atoms with Gasteiger partial charge in [0.05, 0.1) is 0 Å². The SMILES string of the molecule is CCCNCCNCCNCCNCCNC=O. The lowest BCUT2D eigenvalue weighted by Gasteiger charge is -2.08. The van der Waals surface area contributed by atoms with Gasteiger partial charge in [0.2, 0.25) is 6.41 Å². The number of amides is 1. The van der Waals surface area contributed by atoms with E-state index in [0.717, 1.165) is 58.8 Å². The molecule has 6 heteroatoms. The van der Waals surface area contributed by atoms with Crippen LogP contribution in [0.4, 0.5) is 0 Å². The molecule has 0 heterocycles. The quantitative estimate of drug-likeness (QED) is 0.183. The molecule has 0 aliphatic carbocycles. The highest BCUT2D eigenvalue weighted by molar-refractivity contribution is 5.45. The van der Waals surface area contributed by atoms with Gasteiger partial charge in [-0.2, -0.15) is 0 Å². The van der Waals surface area contributed by atoms with E-state index < -0.39 is 0 Å². The lowest BCUT2D eigenvalue weighted by Crippen LogP contribution is -2.36. The van der Waals surface area contributed by atoms with E-state index in [0.29, 0.717) is 6.54 Å². The average molecular weight is 259 g/mol. The summed E-state index contributed by atoms with van der Waals surface area (Å²) in [5.41, 5.74) is 0. The highest BCUT2D eigenvalue weighted by atomic mass is 16.1. The second-order valence-electron chi connectivity index (χ2n) is 4.07. The van der Waals surface area contributed by atoms with E-state index in [1.54, 1.807) is 0 Å². The summed E-state index contributed by atoms with van der Waals surface area (Å²) in [5, 5.41) is 15.9. The van der Waals surface area contributed by atoms with Gasteiger partial charge in [-0.1, -0.05) is 6.92 Å². The molecule has 0 aromatic rings. The van der Waals surface area contributed by atoms with Gasteiger partial charge in [0.15, 0.2) is 0 Å². The Morgan fingerprint density at radius 1 is 0.667 bits per heavy atom. The van der Waals surface area contributed by atoms with E-state index in [1.165, 1.54) is 6.42 Å². The van der Waals surface area contributed by atoms with Crippen molar-refractivity contribution in [2.45, 2.75) is 13.3 Å².